The SMILES string of the molecule is CNC(=O)C(C)(C)c1ccc(C2(N)CC2)cc1. The Morgan fingerprint density at radius 1 is 1.29 bits per heavy atom. The molecular weight excluding hydrogens is 212 g/mol. The van der Waals surface area contributed by atoms with Crippen molar-refractivity contribution in [3.05, 3.63) is 35.4 Å². The van der Waals surface area contributed by atoms with Crippen LogP contribution in [-0.4, -0.2) is 13.0 Å². The highest BCUT2D eigenvalue weighted by Crippen LogP contribution is 2.42. The normalized spacial score (nSPS) is 17.6. The summed E-state index contributed by atoms with van der Waals surface area (Å²) in [5, 5.41) is 2.70. The van der Waals surface area contributed by atoms with Crippen molar-refractivity contribution in [1.29, 1.82) is 0 Å². The molecular formula is C14H20N2O. The summed E-state index contributed by atoms with van der Waals surface area (Å²) in [5.41, 5.74) is 7.72. The predicted molar refractivity (Wildman–Crippen MR) is 68.6 cm³/mol. The number of hydrogen-bond donors (Lipinski definition) is 2. The molecule has 1 aliphatic carbocycles. The van der Waals surface area contributed by atoms with Crippen LogP contribution in [0.25, 0.3) is 0 Å². The standard InChI is InChI=1S/C14H20N2O/c1-13(2,12(17)16-3)10-4-6-11(7-5-10)14(15)8-9-14/h4-7H,8-9,15H2,1-3H3,(H,16,17). The van der Waals surface area contributed by atoms with Crippen LogP contribution in [0.4, 0.5) is 0 Å². The van der Waals surface area contributed by atoms with E-state index in [1.54, 1.807) is 7.05 Å². The van der Waals surface area contributed by atoms with Gasteiger partial charge in [-0.2, -0.15) is 0 Å². The summed E-state index contributed by atoms with van der Waals surface area (Å²) in [5.74, 6) is 0.0270. The highest BCUT2D eigenvalue weighted by molar-refractivity contribution is 5.87. The molecule has 1 amide bonds. The van der Waals surface area contributed by atoms with Gasteiger partial charge in [0, 0.05) is 12.6 Å². The van der Waals surface area contributed by atoms with Gasteiger partial charge < -0.3 is 11.1 Å². The zero-order chi connectivity index (χ0) is 12.7. The van der Waals surface area contributed by atoms with Gasteiger partial charge in [0.1, 0.15) is 0 Å². The largest absolute Gasteiger partial charge is 0.358 e. The molecule has 0 radical (unpaired) electrons. The van der Waals surface area contributed by atoms with Crippen LogP contribution in [0.3, 0.4) is 0 Å². The summed E-state index contributed by atoms with van der Waals surface area (Å²) in [4.78, 5) is 11.8. The van der Waals surface area contributed by atoms with E-state index in [1.165, 1.54) is 5.56 Å². The number of carbonyl (C=O) groups is 1. The maximum absolute atomic E-state index is 11.8. The first-order valence-electron chi connectivity index (χ1n) is 6.02. The molecule has 0 bridgehead atoms. The minimum atomic E-state index is -0.501. The van der Waals surface area contributed by atoms with Gasteiger partial charge in [-0.05, 0) is 37.8 Å². The van der Waals surface area contributed by atoms with Crippen molar-refractivity contribution in [3.63, 3.8) is 0 Å². The second-order valence-electron chi connectivity index (χ2n) is 5.44. The fourth-order valence-corrected chi connectivity index (χ4v) is 2.09. The van der Waals surface area contributed by atoms with Gasteiger partial charge in [0.2, 0.25) is 5.91 Å². The van der Waals surface area contributed by atoms with E-state index in [2.05, 4.69) is 5.32 Å². The Balaban J connectivity index is 2.26. The summed E-state index contributed by atoms with van der Waals surface area (Å²) in [6.45, 7) is 3.85. The number of hydrogen-bond acceptors (Lipinski definition) is 2. The zero-order valence-electron chi connectivity index (χ0n) is 10.7. The summed E-state index contributed by atoms with van der Waals surface area (Å²) in [6.07, 6.45) is 2.12. The zero-order valence-corrected chi connectivity index (χ0v) is 10.7. The molecule has 0 saturated heterocycles. The van der Waals surface area contributed by atoms with E-state index in [-0.39, 0.29) is 11.4 Å². The molecule has 17 heavy (non-hydrogen) atoms. The van der Waals surface area contributed by atoms with Crippen molar-refractivity contribution in [2.45, 2.75) is 37.6 Å². The number of nitrogens with one attached hydrogen (secondary N) is 1. The van der Waals surface area contributed by atoms with Crippen LogP contribution in [0, 0.1) is 0 Å². The lowest BCUT2D eigenvalue weighted by Gasteiger charge is -2.23. The van der Waals surface area contributed by atoms with E-state index >= 15 is 0 Å². The molecule has 1 aliphatic rings. The second kappa shape index (κ2) is 3.84. The first-order valence-corrected chi connectivity index (χ1v) is 6.02. The number of rotatable bonds is 3. The van der Waals surface area contributed by atoms with E-state index in [0.29, 0.717) is 0 Å². The van der Waals surface area contributed by atoms with Crippen LogP contribution in [0.1, 0.15) is 37.8 Å². The molecule has 1 saturated carbocycles. The summed E-state index contributed by atoms with van der Waals surface area (Å²) in [7, 11) is 1.66. The van der Waals surface area contributed by atoms with Crippen molar-refractivity contribution < 1.29 is 4.79 Å². The van der Waals surface area contributed by atoms with Crippen molar-refractivity contribution in [3.8, 4) is 0 Å². The highest BCUT2D eigenvalue weighted by atomic mass is 16.2. The van der Waals surface area contributed by atoms with E-state index < -0.39 is 5.41 Å². The fourth-order valence-electron chi connectivity index (χ4n) is 2.09. The number of likely N-dealkylation sites (N-methyl/N-ethyl adjacent to an activating group) is 1. The van der Waals surface area contributed by atoms with Crippen molar-refractivity contribution >= 4 is 5.91 Å². The number of nitrogens with two attached hydrogens (primary N) is 1. The van der Waals surface area contributed by atoms with Gasteiger partial charge in [0.15, 0.2) is 0 Å². The summed E-state index contributed by atoms with van der Waals surface area (Å²) in [6, 6.07) is 8.12. The molecule has 2 rings (SSSR count). The fraction of sp³-hybridized carbons (Fsp3) is 0.500. The summed E-state index contributed by atoms with van der Waals surface area (Å²) < 4.78 is 0. The quantitative estimate of drug-likeness (QED) is 0.832. The molecule has 0 aromatic heterocycles. The molecule has 0 heterocycles. The average molecular weight is 232 g/mol. The van der Waals surface area contributed by atoms with E-state index in [1.807, 2.05) is 38.1 Å². The van der Waals surface area contributed by atoms with Crippen molar-refractivity contribution in [2.24, 2.45) is 5.73 Å². The number of benzene rings is 1. The predicted octanol–water partition coefficient (Wildman–Crippen LogP) is 1.66. The first kappa shape index (κ1) is 12.1. The summed E-state index contributed by atoms with van der Waals surface area (Å²) >= 11 is 0. The van der Waals surface area contributed by atoms with Gasteiger partial charge in [-0.3, -0.25) is 4.79 Å². The third-order valence-corrected chi connectivity index (χ3v) is 3.76. The van der Waals surface area contributed by atoms with Crippen LogP contribution in [0.5, 0.6) is 0 Å². The minimum absolute atomic E-state index is 0.0270. The Morgan fingerprint density at radius 3 is 2.24 bits per heavy atom. The van der Waals surface area contributed by atoms with Crippen molar-refractivity contribution in [1.82, 2.24) is 5.32 Å². The maximum Gasteiger partial charge on any atom is 0.229 e. The van der Waals surface area contributed by atoms with Crippen LogP contribution in [-0.2, 0) is 15.7 Å². The number of carbonyl (C=O) groups excluding carboxylic acids is 1. The van der Waals surface area contributed by atoms with E-state index in [0.717, 1.165) is 18.4 Å². The lowest BCUT2D eigenvalue weighted by molar-refractivity contribution is -0.125. The Morgan fingerprint density at radius 2 is 1.82 bits per heavy atom. The molecule has 0 aliphatic heterocycles. The second-order valence-corrected chi connectivity index (χ2v) is 5.44. The Kier molecular flexibility index (Phi) is 2.74. The van der Waals surface area contributed by atoms with E-state index in [9.17, 15) is 4.79 Å². The van der Waals surface area contributed by atoms with E-state index in [4.69, 9.17) is 5.73 Å². The van der Waals surface area contributed by atoms with Gasteiger partial charge in [0.05, 0.1) is 5.41 Å². The molecule has 0 spiro atoms. The average Bonchev–Trinajstić information content (AvgIpc) is 3.07. The Bertz CT molecular complexity index is 430. The molecule has 3 nitrogen and oxygen atoms in total. The number of amides is 1. The lowest BCUT2D eigenvalue weighted by Crippen LogP contribution is -2.38. The molecule has 0 unspecified atom stereocenters. The topological polar surface area (TPSA) is 55.1 Å². The molecule has 1 aromatic rings. The Labute approximate surface area is 102 Å². The van der Waals surface area contributed by atoms with Crippen LogP contribution < -0.4 is 11.1 Å². The van der Waals surface area contributed by atoms with Gasteiger partial charge >= 0.3 is 0 Å². The lowest BCUT2D eigenvalue weighted by atomic mass is 9.83. The van der Waals surface area contributed by atoms with Gasteiger partial charge in [-0.1, -0.05) is 24.3 Å². The van der Waals surface area contributed by atoms with Crippen LogP contribution in [0.2, 0.25) is 0 Å². The minimum Gasteiger partial charge on any atom is -0.358 e. The Hall–Kier alpha value is -1.35. The smallest absolute Gasteiger partial charge is 0.229 e. The first-order chi connectivity index (χ1) is 7.90. The molecule has 0 atom stereocenters. The molecule has 1 aromatic carbocycles. The molecule has 92 valence electrons. The third-order valence-electron chi connectivity index (χ3n) is 3.76. The van der Waals surface area contributed by atoms with Crippen molar-refractivity contribution in [2.75, 3.05) is 7.05 Å². The highest BCUT2D eigenvalue weighted by Gasteiger charge is 2.40. The van der Waals surface area contributed by atoms with Crippen LogP contribution >= 0.6 is 0 Å². The molecule has 3 heteroatoms. The molecule has 1 fully saturated rings. The van der Waals surface area contributed by atoms with Gasteiger partial charge in [0.25, 0.3) is 0 Å². The molecule has 3 N–H and O–H groups in total. The maximum atomic E-state index is 11.8. The van der Waals surface area contributed by atoms with Gasteiger partial charge in [-0.25, -0.2) is 0 Å². The third kappa shape index (κ3) is 2.07. The van der Waals surface area contributed by atoms with Crippen LogP contribution in [0.15, 0.2) is 24.3 Å². The van der Waals surface area contributed by atoms with Gasteiger partial charge in [-0.15, -0.1) is 0 Å². The monoisotopic (exact) mass is 232 g/mol.